The third-order valence-corrected chi connectivity index (χ3v) is 3.78. The molecule has 22 heavy (non-hydrogen) atoms. The number of hydrogen-bond acceptors (Lipinski definition) is 3. The van der Waals surface area contributed by atoms with Crippen LogP contribution in [0.5, 0.6) is 0 Å². The van der Waals surface area contributed by atoms with Crippen LogP contribution in [0.3, 0.4) is 0 Å². The first-order chi connectivity index (χ1) is 10.5. The van der Waals surface area contributed by atoms with E-state index in [1.54, 1.807) is 10.9 Å². The second-order valence-corrected chi connectivity index (χ2v) is 5.50. The van der Waals surface area contributed by atoms with Gasteiger partial charge < -0.3 is 0 Å². The van der Waals surface area contributed by atoms with E-state index < -0.39 is 5.69 Å². The third kappa shape index (κ3) is 2.07. The van der Waals surface area contributed by atoms with Crippen LogP contribution in [0, 0.1) is 0 Å². The van der Waals surface area contributed by atoms with Crippen LogP contribution in [0.25, 0.3) is 16.9 Å². The van der Waals surface area contributed by atoms with E-state index in [1.165, 1.54) is 0 Å². The van der Waals surface area contributed by atoms with Gasteiger partial charge >= 0.3 is 5.69 Å². The first kappa shape index (κ1) is 14.3. The fourth-order valence-electron chi connectivity index (χ4n) is 2.78. The highest BCUT2D eigenvalue weighted by atomic mass is 16.2. The van der Waals surface area contributed by atoms with Crippen molar-refractivity contribution < 1.29 is 0 Å². The molecular formula is C16H18N4O2. The maximum atomic E-state index is 12.3. The molecule has 2 heterocycles. The van der Waals surface area contributed by atoms with E-state index in [0.717, 1.165) is 11.0 Å². The summed E-state index contributed by atoms with van der Waals surface area (Å²) in [6.07, 6.45) is 1.66. The highest BCUT2D eigenvalue weighted by molar-refractivity contribution is 5.77. The number of nitrogens with zero attached hydrogens (tertiary/aromatic N) is 3. The number of rotatable bonds is 3. The molecule has 0 aliphatic carbocycles. The summed E-state index contributed by atoms with van der Waals surface area (Å²) in [4.78, 5) is 31.2. The summed E-state index contributed by atoms with van der Waals surface area (Å²) in [6, 6.07) is 7.66. The Kier molecular flexibility index (Phi) is 3.44. The Morgan fingerprint density at radius 1 is 1.23 bits per heavy atom. The van der Waals surface area contributed by atoms with Gasteiger partial charge in [-0.15, -0.1) is 0 Å². The zero-order valence-electron chi connectivity index (χ0n) is 12.8. The van der Waals surface area contributed by atoms with Crippen LogP contribution in [-0.4, -0.2) is 19.1 Å². The molecule has 0 atom stereocenters. The van der Waals surface area contributed by atoms with Crippen molar-refractivity contribution in [3.05, 3.63) is 57.0 Å². The van der Waals surface area contributed by atoms with Crippen LogP contribution >= 0.6 is 0 Å². The number of fused-ring (bicyclic) bond motifs is 1. The Balaban J connectivity index is 2.48. The van der Waals surface area contributed by atoms with E-state index in [4.69, 9.17) is 0 Å². The number of nitrogens with one attached hydrogen (secondary N) is 1. The third-order valence-electron chi connectivity index (χ3n) is 3.78. The maximum absolute atomic E-state index is 12.3. The van der Waals surface area contributed by atoms with Crippen LogP contribution in [0.1, 0.15) is 32.3 Å². The Bertz CT molecular complexity index is 947. The molecule has 6 heteroatoms. The first-order valence-electron chi connectivity index (χ1n) is 7.34. The molecule has 2 aromatic heterocycles. The number of benzene rings is 1. The molecule has 3 rings (SSSR count). The molecule has 1 N–H and O–H groups in total. The van der Waals surface area contributed by atoms with Crippen LogP contribution in [0.4, 0.5) is 0 Å². The standard InChI is InChI=1S/C16H18N4O2/c1-4-19-15(13(10(2)3)14(21)18-16(19)22)20-9-17-11-7-5-6-8-12(11)20/h5-10H,4H2,1-3H3,(H,18,21,22). The molecule has 0 unspecified atom stereocenters. The van der Waals surface area contributed by atoms with Gasteiger partial charge in [-0.2, -0.15) is 0 Å². The van der Waals surface area contributed by atoms with E-state index in [1.807, 2.05) is 49.6 Å². The van der Waals surface area contributed by atoms with Gasteiger partial charge in [0.1, 0.15) is 12.1 Å². The molecule has 0 radical (unpaired) electrons. The van der Waals surface area contributed by atoms with Gasteiger partial charge in [0.05, 0.1) is 16.6 Å². The lowest BCUT2D eigenvalue weighted by atomic mass is 10.1. The lowest BCUT2D eigenvalue weighted by Crippen LogP contribution is -2.35. The Labute approximate surface area is 127 Å². The minimum atomic E-state index is -0.398. The molecule has 0 aliphatic rings. The van der Waals surface area contributed by atoms with Gasteiger partial charge in [0.15, 0.2) is 0 Å². The molecule has 0 spiro atoms. The minimum Gasteiger partial charge on any atom is -0.284 e. The van der Waals surface area contributed by atoms with E-state index in [9.17, 15) is 9.59 Å². The van der Waals surface area contributed by atoms with Gasteiger partial charge in [-0.3, -0.25) is 18.9 Å². The van der Waals surface area contributed by atoms with Crippen molar-refractivity contribution in [2.45, 2.75) is 33.2 Å². The quantitative estimate of drug-likeness (QED) is 0.804. The van der Waals surface area contributed by atoms with Gasteiger partial charge in [0.2, 0.25) is 0 Å². The van der Waals surface area contributed by atoms with Gasteiger partial charge in [-0.1, -0.05) is 26.0 Å². The highest BCUT2D eigenvalue weighted by Crippen LogP contribution is 2.22. The maximum Gasteiger partial charge on any atom is 0.329 e. The zero-order chi connectivity index (χ0) is 15.9. The number of aromatic nitrogens is 4. The summed E-state index contributed by atoms with van der Waals surface area (Å²) in [6.45, 7) is 6.24. The van der Waals surface area contributed by atoms with E-state index in [0.29, 0.717) is 17.9 Å². The molecular weight excluding hydrogens is 280 g/mol. The van der Waals surface area contributed by atoms with Crippen molar-refractivity contribution in [3.8, 4) is 5.82 Å². The van der Waals surface area contributed by atoms with Crippen LogP contribution in [-0.2, 0) is 6.54 Å². The molecule has 0 saturated carbocycles. The van der Waals surface area contributed by atoms with Crippen molar-refractivity contribution >= 4 is 11.0 Å². The molecule has 1 aromatic carbocycles. The average Bonchev–Trinajstić information content (AvgIpc) is 2.89. The van der Waals surface area contributed by atoms with Gasteiger partial charge in [0.25, 0.3) is 5.56 Å². The second kappa shape index (κ2) is 5.29. The summed E-state index contributed by atoms with van der Waals surface area (Å²) in [5, 5.41) is 0. The smallest absolute Gasteiger partial charge is 0.284 e. The molecule has 0 saturated heterocycles. The van der Waals surface area contributed by atoms with Crippen molar-refractivity contribution in [1.82, 2.24) is 19.1 Å². The minimum absolute atomic E-state index is 0.0155. The lowest BCUT2D eigenvalue weighted by molar-refractivity contribution is 0.643. The summed E-state index contributed by atoms with van der Waals surface area (Å²) in [7, 11) is 0. The molecule has 3 aromatic rings. The van der Waals surface area contributed by atoms with E-state index in [2.05, 4.69) is 9.97 Å². The monoisotopic (exact) mass is 298 g/mol. The molecule has 114 valence electrons. The number of imidazole rings is 1. The highest BCUT2D eigenvalue weighted by Gasteiger charge is 2.19. The van der Waals surface area contributed by atoms with Crippen molar-refractivity contribution in [1.29, 1.82) is 0 Å². The topological polar surface area (TPSA) is 72.7 Å². The normalized spacial score (nSPS) is 11.5. The zero-order valence-corrected chi connectivity index (χ0v) is 12.8. The Hall–Kier alpha value is -2.63. The number of aromatic amines is 1. The van der Waals surface area contributed by atoms with E-state index in [-0.39, 0.29) is 11.5 Å². The molecule has 6 nitrogen and oxygen atoms in total. The van der Waals surface area contributed by atoms with Crippen molar-refractivity contribution in [3.63, 3.8) is 0 Å². The lowest BCUT2D eigenvalue weighted by Gasteiger charge is -2.18. The number of hydrogen-bond donors (Lipinski definition) is 1. The predicted octanol–water partition coefficient (Wildman–Crippen LogP) is 2.02. The van der Waals surface area contributed by atoms with Gasteiger partial charge in [-0.25, -0.2) is 9.78 Å². The van der Waals surface area contributed by atoms with Crippen molar-refractivity contribution in [2.75, 3.05) is 0 Å². The Morgan fingerprint density at radius 2 is 1.95 bits per heavy atom. The van der Waals surface area contributed by atoms with Crippen LogP contribution in [0.2, 0.25) is 0 Å². The second-order valence-electron chi connectivity index (χ2n) is 5.50. The summed E-state index contributed by atoms with van der Waals surface area (Å²) >= 11 is 0. The molecule has 0 bridgehead atoms. The largest absolute Gasteiger partial charge is 0.329 e. The molecule has 0 fully saturated rings. The van der Waals surface area contributed by atoms with Crippen LogP contribution < -0.4 is 11.2 Å². The predicted molar refractivity (Wildman–Crippen MR) is 85.7 cm³/mol. The van der Waals surface area contributed by atoms with Crippen molar-refractivity contribution in [2.24, 2.45) is 0 Å². The Morgan fingerprint density at radius 3 is 2.64 bits per heavy atom. The van der Waals surface area contributed by atoms with E-state index >= 15 is 0 Å². The fraction of sp³-hybridized carbons (Fsp3) is 0.312. The summed E-state index contributed by atoms with van der Waals surface area (Å²) in [5.41, 5.74) is 1.55. The molecule has 0 amide bonds. The van der Waals surface area contributed by atoms with Crippen LogP contribution in [0.15, 0.2) is 40.2 Å². The summed E-state index contributed by atoms with van der Waals surface area (Å²) in [5.74, 6) is 0.582. The summed E-state index contributed by atoms with van der Waals surface area (Å²) < 4.78 is 3.40. The number of H-pyrrole nitrogens is 1. The number of para-hydroxylation sites is 2. The molecule has 0 aliphatic heterocycles. The van der Waals surface area contributed by atoms with Gasteiger partial charge in [-0.05, 0) is 25.0 Å². The first-order valence-corrected chi connectivity index (χ1v) is 7.34. The SMILES string of the molecule is CCn1c(-n2cnc3ccccc32)c(C(C)C)c(=O)[nH]c1=O. The average molecular weight is 298 g/mol. The van der Waals surface area contributed by atoms with Gasteiger partial charge in [0, 0.05) is 6.54 Å². The fourth-order valence-corrected chi connectivity index (χ4v) is 2.78.